The summed E-state index contributed by atoms with van der Waals surface area (Å²) in [6, 6.07) is 8.63. The number of benzene rings is 1. The van der Waals surface area contributed by atoms with Crippen molar-refractivity contribution in [1.29, 1.82) is 0 Å². The van der Waals surface area contributed by atoms with Crippen molar-refractivity contribution in [3.8, 4) is 0 Å². The lowest BCUT2D eigenvalue weighted by atomic mass is 10.1. The number of aliphatic hydroxyl groups is 1. The molecule has 0 saturated heterocycles. The number of nitrogens with two attached hydrogens (primary N) is 1. The van der Waals surface area contributed by atoms with Gasteiger partial charge in [-0.1, -0.05) is 31.2 Å². The van der Waals surface area contributed by atoms with E-state index in [4.69, 9.17) is 0 Å². The lowest BCUT2D eigenvalue weighted by molar-refractivity contribution is -0.676. The molecule has 0 saturated carbocycles. The van der Waals surface area contributed by atoms with Gasteiger partial charge in [0.1, 0.15) is 19.2 Å². The number of aliphatic carboxylic acids is 1. The summed E-state index contributed by atoms with van der Waals surface area (Å²) in [6.07, 6.45) is 2.95. The highest BCUT2D eigenvalue weighted by molar-refractivity contribution is 5.65. The van der Waals surface area contributed by atoms with E-state index in [1.165, 1.54) is 18.1 Å². The number of hydrogen-bond acceptors (Lipinski definition) is 6. The Bertz CT molecular complexity index is 533. The van der Waals surface area contributed by atoms with Gasteiger partial charge in [-0.15, -0.1) is 0 Å². The van der Waals surface area contributed by atoms with E-state index < -0.39 is 5.97 Å². The predicted molar refractivity (Wildman–Crippen MR) is 106 cm³/mol. The zero-order chi connectivity index (χ0) is 21.2. The summed E-state index contributed by atoms with van der Waals surface area (Å²) in [5.74, 6) is -1.32. The molecular formula is C21H36N2O5. The van der Waals surface area contributed by atoms with Crippen LogP contribution in [-0.2, 0) is 27.3 Å². The molecule has 4 N–H and O–H groups in total. The van der Waals surface area contributed by atoms with Crippen molar-refractivity contribution in [3.63, 3.8) is 0 Å². The second-order valence-corrected chi connectivity index (χ2v) is 6.64. The third-order valence-corrected chi connectivity index (χ3v) is 3.99. The summed E-state index contributed by atoms with van der Waals surface area (Å²) in [7, 11) is 1.86. The molecule has 1 aromatic carbocycles. The fourth-order valence-electron chi connectivity index (χ4n) is 2.50. The van der Waals surface area contributed by atoms with Crippen LogP contribution in [0.25, 0.3) is 0 Å². The van der Waals surface area contributed by atoms with E-state index in [9.17, 15) is 19.8 Å². The number of carboxylic acid groups (broad SMARTS) is 1. The minimum absolute atomic E-state index is 0.0834. The van der Waals surface area contributed by atoms with Gasteiger partial charge >= 0.3 is 5.97 Å². The Morgan fingerprint density at radius 1 is 1.25 bits per heavy atom. The zero-order valence-electron chi connectivity index (χ0n) is 17.4. The molecule has 160 valence electrons. The van der Waals surface area contributed by atoms with Gasteiger partial charge in [0.15, 0.2) is 0 Å². The van der Waals surface area contributed by atoms with Crippen molar-refractivity contribution in [2.45, 2.75) is 58.6 Å². The van der Waals surface area contributed by atoms with Crippen LogP contribution in [0.15, 0.2) is 24.3 Å². The smallest absolute Gasteiger partial charge is 0.302 e. The number of unbranched alkanes of at least 4 members (excludes halogenated alkanes) is 2. The third-order valence-electron chi connectivity index (χ3n) is 3.99. The first-order valence-electron chi connectivity index (χ1n) is 9.94. The Hall–Kier alpha value is -1.96. The number of quaternary nitrogens is 1. The molecule has 0 heterocycles. The first kappa shape index (κ1) is 26.0. The minimum Gasteiger partial charge on any atom is -0.550 e. The van der Waals surface area contributed by atoms with Gasteiger partial charge in [0.25, 0.3) is 0 Å². The predicted octanol–water partition coefficient (Wildman–Crippen LogP) is -0.247. The molecule has 1 aromatic rings. The quantitative estimate of drug-likeness (QED) is 0.313. The zero-order valence-corrected chi connectivity index (χ0v) is 17.4. The molecule has 0 radical (unpaired) electrons. The number of carbonyl (C=O) groups is 2. The SMILES string of the molecule is CC(=O)OCCCCCC(=O)[O-].CCc1cccc(C[NH2+]CC(O)CNC)c1. The second kappa shape index (κ2) is 17.2. The van der Waals surface area contributed by atoms with Crippen LogP contribution < -0.4 is 15.7 Å². The van der Waals surface area contributed by atoms with Gasteiger partial charge < -0.3 is 30.4 Å². The van der Waals surface area contributed by atoms with Crippen molar-refractivity contribution in [1.82, 2.24) is 5.32 Å². The lowest BCUT2D eigenvalue weighted by Crippen LogP contribution is -2.85. The first-order chi connectivity index (χ1) is 13.4. The highest BCUT2D eigenvalue weighted by atomic mass is 16.5. The van der Waals surface area contributed by atoms with E-state index in [2.05, 4.69) is 46.6 Å². The van der Waals surface area contributed by atoms with Crippen LogP contribution in [0.4, 0.5) is 0 Å². The molecule has 28 heavy (non-hydrogen) atoms. The Balaban J connectivity index is 0.000000546. The van der Waals surface area contributed by atoms with Crippen LogP contribution in [0.2, 0.25) is 0 Å². The molecule has 1 rings (SSSR count). The van der Waals surface area contributed by atoms with Gasteiger partial charge in [0.05, 0.1) is 6.61 Å². The van der Waals surface area contributed by atoms with Crippen molar-refractivity contribution < 1.29 is 29.9 Å². The van der Waals surface area contributed by atoms with E-state index in [0.717, 1.165) is 25.9 Å². The third kappa shape index (κ3) is 16.2. The van der Waals surface area contributed by atoms with Crippen LogP contribution in [0, 0.1) is 0 Å². The van der Waals surface area contributed by atoms with Gasteiger partial charge in [-0.25, -0.2) is 0 Å². The Morgan fingerprint density at radius 2 is 1.96 bits per heavy atom. The van der Waals surface area contributed by atoms with Crippen LogP contribution in [0.5, 0.6) is 0 Å². The van der Waals surface area contributed by atoms with E-state index in [-0.39, 0.29) is 18.5 Å². The maximum atomic E-state index is 10.3. The standard InChI is InChI=1S/C13H22N2O.C8H14O4/c1-3-11-5-4-6-12(7-11)8-15-10-13(16)9-14-2;1-7(9)12-6-4-2-3-5-8(10)11/h4-7,13-16H,3,8-10H2,1-2H3;2-6H2,1H3,(H,10,11). The fourth-order valence-corrected chi connectivity index (χ4v) is 2.50. The number of esters is 1. The second-order valence-electron chi connectivity index (χ2n) is 6.64. The average molecular weight is 397 g/mol. The molecule has 0 aliphatic rings. The van der Waals surface area contributed by atoms with E-state index in [1.54, 1.807) is 0 Å². The van der Waals surface area contributed by atoms with Crippen molar-refractivity contribution in [2.75, 3.05) is 26.7 Å². The molecule has 0 bridgehead atoms. The molecule has 7 nitrogen and oxygen atoms in total. The fraction of sp³-hybridized carbons (Fsp3) is 0.619. The number of nitrogens with one attached hydrogen (secondary N) is 1. The highest BCUT2D eigenvalue weighted by Crippen LogP contribution is 2.04. The van der Waals surface area contributed by atoms with E-state index in [1.807, 2.05) is 7.05 Å². The van der Waals surface area contributed by atoms with Gasteiger partial charge in [0, 0.05) is 25.0 Å². The van der Waals surface area contributed by atoms with Gasteiger partial charge in [0.2, 0.25) is 0 Å². The highest BCUT2D eigenvalue weighted by Gasteiger charge is 2.04. The molecule has 1 unspecified atom stereocenters. The monoisotopic (exact) mass is 396 g/mol. The van der Waals surface area contributed by atoms with E-state index >= 15 is 0 Å². The van der Waals surface area contributed by atoms with E-state index in [0.29, 0.717) is 26.0 Å². The lowest BCUT2D eigenvalue weighted by Gasteiger charge is -2.09. The number of aryl methyl sites for hydroxylation is 1. The number of aliphatic hydroxyl groups excluding tert-OH is 1. The molecule has 0 aliphatic carbocycles. The molecule has 7 heteroatoms. The van der Waals surface area contributed by atoms with Crippen molar-refractivity contribution in [2.24, 2.45) is 0 Å². The minimum atomic E-state index is -1.03. The number of ether oxygens (including phenoxy) is 1. The largest absolute Gasteiger partial charge is 0.550 e. The maximum absolute atomic E-state index is 10.3. The topological polar surface area (TPSA) is 115 Å². The number of carbonyl (C=O) groups excluding carboxylic acids is 2. The Labute approximate surface area is 168 Å². The average Bonchev–Trinajstić information content (AvgIpc) is 2.65. The normalized spacial score (nSPS) is 11.3. The van der Waals surface area contributed by atoms with Crippen LogP contribution in [-0.4, -0.2) is 49.9 Å². The maximum Gasteiger partial charge on any atom is 0.302 e. The molecule has 0 aliphatic heterocycles. The number of likely N-dealkylation sites (N-methyl/N-ethyl adjacent to an activating group) is 1. The molecule has 0 amide bonds. The number of rotatable bonds is 13. The van der Waals surface area contributed by atoms with Gasteiger partial charge in [-0.3, -0.25) is 4.79 Å². The number of carboxylic acids is 1. The molecular weight excluding hydrogens is 360 g/mol. The molecule has 0 spiro atoms. The van der Waals surface area contributed by atoms with Crippen LogP contribution in [0.1, 0.15) is 50.7 Å². The first-order valence-corrected chi connectivity index (χ1v) is 9.94. The summed E-state index contributed by atoms with van der Waals surface area (Å²) in [4.78, 5) is 20.2. The van der Waals surface area contributed by atoms with Crippen molar-refractivity contribution in [3.05, 3.63) is 35.4 Å². The number of hydrogen-bond donors (Lipinski definition) is 3. The van der Waals surface area contributed by atoms with Crippen LogP contribution in [0.3, 0.4) is 0 Å². The summed E-state index contributed by atoms with van der Waals surface area (Å²) in [5, 5.41) is 24.6. The summed E-state index contributed by atoms with van der Waals surface area (Å²) < 4.78 is 4.65. The molecule has 0 fully saturated rings. The van der Waals surface area contributed by atoms with Crippen LogP contribution >= 0.6 is 0 Å². The van der Waals surface area contributed by atoms with Gasteiger partial charge in [-0.05, 0) is 44.7 Å². The van der Waals surface area contributed by atoms with Crippen molar-refractivity contribution >= 4 is 11.9 Å². The molecule has 1 atom stereocenters. The summed E-state index contributed by atoms with van der Waals surface area (Å²) >= 11 is 0. The van der Waals surface area contributed by atoms with Gasteiger partial charge in [-0.2, -0.15) is 0 Å². The summed E-state index contributed by atoms with van der Waals surface area (Å²) in [5.41, 5.74) is 2.71. The molecule has 0 aromatic heterocycles. The Morgan fingerprint density at radius 3 is 2.57 bits per heavy atom. The Kier molecular flexibility index (Phi) is 16.0. The summed E-state index contributed by atoms with van der Waals surface area (Å²) in [6.45, 7) is 6.24.